The van der Waals surface area contributed by atoms with E-state index in [1.54, 1.807) is 13.1 Å². The molecule has 4 N–H and O–H groups in total. The summed E-state index contributed by atoms with van der Waals surface area (Å²) in [5.41, 5.74) is 1.75. The molecule has 8 heteroatoms. The summed E-state index contributed by atoms with van der Waals surface area (Å²) in [4.78, 5) is 28.4. The predicted octanol–water partition coefficient (Wildman–Crippen LogP) is 2.60. The van der Waals surface area contributed by atoms with Gasteiger partial charge in [0.25, 0.3) is 5.91 Å². The van der Waals surface area contributed by atoms with Gasteiger partial charge in [-0.1, -0.05) is 31.4 Å². The molecule has 0 heterocycles. The molecule has 0 aliphatic heterocycles. The molecular weight excluding hydrogens is 493 g/mol. The van der Waals surface area contributed by atoms with Crippen LogP contribution in [-0.2, 0) is 11.2 Å². The maximum atomic E-state index is 12.1. The number of rotatable bonds is 9. The van der Waals surface area contributed by atoms with E-state index in [4.69, 9.17) is 0 Å². The summed E-state index contributed by atoms with van der Waals surface area (Å²) in [6.07, 6.45) is 7.08. The van der Waals surface area contributed by atoms with Gasteiger partial charge in [-0.25, -0.2) is 0 Å². The highest BCUT2D eigenvalue weighted by Crippen LogP contribution is 2.17. The lowest BCUT2D eigenvalue weighted by molar-refractivity contribution is -0.121. The number of carbonyl (C=O) groups excluding carboxylic acids is 2. The SMILES string of the molecule is CCNC(=NCCC(=O)NC1CCCCC1)NCCc1cccc(C(=O)NC)c1.I. The molecule has 0 aromatic heterocycles. The summed E-state index contributed by atoms with van der Waals surface area (Å²) in [5, 5.41) is 12.3. The molecule has 0 unspecified atom stereocenters. The molecule has 2 amide bonds. The van der Waals surface area contributed by atoms with Gasteiger partial charge < -0.3 is 21.3 Å². The van der Waals surface area contributed by atoms with Gasteiger partial charge in [-0.05, 0) is 43.9 Å². The monoisotopic (exact) mass is 529 g/mol. The molecule has 1 aliphatic carbocycles. The summed E-state index contributed by atoms with van der Waals surface area (Å²) in [5.74, 6) is 0.712. The molecule has 1 aliphatic rings. The molecule has 1 fully saturated rings. The Kier molecular flexibility index (Phi) is 13.1. The molecule has 0 bridgehead atoms. The summed E-state index contributed by atoms with van der Waals surface area (Å²) in [6.45, 7) is 3.92. The van der Waals surface area contributed by atoms with Crippen LogP contribution in [0.15, 0.2) is 29.3 Å². The second-order valence-electron chi connectivity index (χ2n) is 7.37. The summed E-state index contributed by atoms with van der Waals surface area (Å²) in [7, 11) is 1.63. The van der Waals surface area contributed by atoms with Crippen LogP contribution in [-0.4, -0.2) is 50.5 Å². The fourth-order valence-electron chi connectivity index (χ4n) is 3.50. The van der Waals surface area contributed by atoms with E-state index in [0.29, 0.717) is 37.1 Å². The van der Waals surface area contributed by atoms with Crippen molar-refractivity contribution >= 4 is 41.8 Å². The van der Waals surface area contributed by atoms with Crippen molar-refractivity contribution in [1.82, 2.24) is 21.3 Å². The van der Waals surface area contributed by atoms with Crippen molar-refractivity contribution in [2.45, 2.75) is 57.9 Å². The van der Waals surface area contributed by atoms with Crippen LogP contribution in [0.4, 0.5) is 0 Å². The van der Waals surface area contributed by atoms with Crippen LogP contribution in [0, 0.1) is 0 Å². The Morgan fingerprint density at radius 2 is 1.90 bits per heavy atom. The van der Waals surface area contributed by atoms with E-state index in [1.165, 1.54) is 19.3 Å². The van der Waals surface area contributed by atoms with Crippen LogP contribution >= 0.6 is 24.0 Å². The highest BCUT2D eigenvalue weighted by atomic mass is 127. The third kappa shape index (κ3) is 9.77. The Hall–Kier alpha value is -1.84. The average Bonchev–Trinajstić information content (AvgIpc) is 2.74. The molecular formula is C22H36IN5O2. The van der Waals surface area contributed by atoms with Gasteiger partial charge in [0, 0.05) is 38.2 Å². The maximum Gasteiger partial charge on any atom is 0.251 e. The van der Waals surface area contributed by atoms with Crippen LogP contribution < -0.4 is 21.3 Å². The number of benzene rings is 1. The van der Waals surface area contributed by atoms with E-state index in [2.05, 4.69) is 26.3 Å². The van der Waals surface area contributed by atoms with Crippen molar-refractivity contribution in [2.75, 3.05) is 26.7 Å². The van der Waals surface area contributed by atoms with Gasteiger partial charge in [0.2, 0.25) is 5.91 Å². The molecule has 1 saturated carbocycles. The van der Waals surface area contributed by atoms with Crippen molar-refractivity contribution in [1.29, 1.82) is 0 Å². The van der Waals surface area contributed by atoms with Gasteiger partial charge in [-0.2, -0.15) is 0 Å². The number of hydrogen-bond acceptors (Lipinski definition) is 3. The van der Waals surface area contributed by atoms with Crippen LogP contribution in [0.3, 0.4) is 0 Å². The first kappa shape index (κ1) is 26.2. The number of nitrogens with zero attached hydrogens (tertiary/aromatic N) is 1. The lowest BCUT2D eigenvalue weighted by atomic mass is 9.95. The third-order valence-corrected chi connectivity index (χ3v) is 5.05. The number of carbonyl (C=O) groups is 2. The van der Waals surface area contributed by atoms with Crippen LogP contribution in [0.1, 0.15) is 61.4 Å². The number of amides is 2. The minimum Gasteiger partial charge on any atom is -0.357 e. The number of aliphatic imine (C=N–C) groups is 1. The lowest BCUT2D eigenvalue weighted by Gasteiger charge is -2.22. The quantitative estimate of drug-likeness (QED) is 0.225. The van der Waals surface area contributed by atoms with E-state index >= 15 is 0 Å². The van der Waals surface area contributed by atoms with Gasteiger partial charge in [-0.3, -0.25) is 14.6 Å². The molecule has 2 rings (SSSR count). The Morgan fingerprint density at radius 1 is 1.13 bits per heavy atom. The normalized spacial score (nSPS) is 14.4. The topological polar surface area (TPSA) is 94.6 Å². The van der Waals surface area contributed by atoms with E-state index in [9.17, 15) is 9.59 Å². The average molecular weight is 529 g/mol. The largest absolute Gasteiger partial charge is 0.357 e. The molecule has 0 spiro atoms. The zero-order valence-corrected chi connectivity index (χ0v) is 20.5. The van der Waals surface area contributed by atoms with Crippen molar-refractivity contribution in [3.05, 3.63) is 35.4 Å². The maximum absolute atomic E-state index is 12.1. The first-order chi connectivity index (χ1) is 14.1. The standard InChI is InChI=1S/C22H35N5O2.HI/c1-3-24-22(26-15-13-20(28)27-19-10-5-4-6-11-19)25-14-12-17-8-7-9-18(16-17)21(29)23-2;/h7-9,16,19H,3-6,10-15H2,1-2H3,(H,23,29)(H,27,28)(H2,24,25,26);1H. The van der Waals surface area contributed by atoms with Crippen molar-refractivity contribution in [2.24, 2.45) is 4.99 Å². The second-order valence-corrected chi connectivity index (χ2v) is 7.37. The fourth-order valence-corrected chi connectivity index (χ4v) is 3.50. The Bertz CT molecular complexity index is 690. The molecule has 0 radical (unpaired) electrons. The lowest BCUT2D eigenvalue weighted by Crippen LogP contribution is -2.39. The molecule has 1 aromatic carbocycles. The highest BCUT2D eigenvalue weighted by Gasteiger charge is 2.15. The minimum absolute atomic E-state index is 0. The van der Waals surface area contributed by atoms with Gasteiger partial charge in [0.05, 0.1) is 6.54 Å². The summed E-state index contributed by atoms with van der Waals surface area (Å²) in [6, 6.07) is 7.95. The Labute approximate surface area is 197 Å². The van der Waals surface area contributed by atoms with E-state index in [0.717, 1.165) is 31.4 Å². The summed E-state index contributed by atoms with van der Waals surface area (Å²) < 4.78 is 0. The van der Waals surface area contributed by atoms with Gasteiger partial charge in [0.15, 0.2) is 5.96 Å². The van der Waals surface area contributed by atoms with Gasteiger partial charge in [-0.15, -0.1) is 24.0 Å². The zero-order chi connectivity index (χ0) is 20.9. The number of hydrogen-bond donors (Lipinski definition) is 4. The zero-order valence-electron chi connectivity index (χ0n) is 18.1. The molecule has 30 heavy (non-hydrogen) atoms. The minimum atomic E-state index is -0.0822. The van der Waals surface area contributed by atoms with Crippen molar-refractivity contribution in [3.8, 4) is 0 Å². The summed E-state index contributed by atoms with van der Waals surface area (Å²) >= 11 is 0. The van der Waals surface area contributed by atoms with Crippen LogP contribution in [0.5, 0.6) is 0 Å². The Balaban J connectivity index is 0.00000450. The first-order valence-electron chi connectivity index (χ1n) is 10.7. The highest BCUT2D eigenvalue weighted by molar-refractivity contribution is 14.0. The van der Waals surface area contributed by atoms with E-state index < -0.39 is 0 Å². The molecule has 1 aromatic rings. The van der Waals surface area contributed by atoms with Crippen molar-refractivity contribution < 1.29 is 9.59 Å². The fraction of sp³-hybridized carbons (Fsp3) is 0.591. The van der Waals surface area contributed by atoms with Crippen LogP contribution in [0.25, 0.3) is 0 Å². The number of nitrogens with one attached hydrogen (secondary N) is 4. The smallest absolute Gasteiger partial charge is 0.251 e. The first-order valence-corrected chi connectivity index (χ1v) is 10.7. The molecule has 0 saturated heterocycles. The molecule has 7 nitrogen and oxygen atoms in total. The van der Waals surface area contributed by atoms with Crippen LogP contribution in [0.2, 0.25) is 0 Å². The third-order valence-electron chi connectivity index (χ3n) is 5.05. The second kappa shape index (κ2) is 15.0. The van der Waals surface area contributed by atoms with E-state index in [1.807, 2.05) is 25.1 Å². The number of halogens is 1. The Morgan fingerprint density at radius 3 is 2.60 bits per heavy atom. The van der Waals surface area contributed by atoms with Crippen molar-refractivity contribution in [3.63, 3.8) is 0 Å². The van der Waals surface area contributed by atoms with Gasteiger partial charge >= 0.3 is 0 Å². The molecule has 168 valence electrons. The van der Waals surface area contributed by atoms with E-state index in [-0.39, 0.29) is 35.8 Å². The molecule has 0 atom stereocenters. The number of guanidine groups is 1. The predicted molar refractivity (Wildman–Crippen MR) is 133 cm³/mol. The van der Waals surface area contributed by atoms with Gasteiger partial charge in [0.1, 0.15) is 0 Å².